The topological polar surface area (TPSA) is 90.6 Å². The summed E-state index contributed by atoms with van der Waals surface area (Å²) >= 11 is 0. The molecule has 0 aliphatic carbocycles. The largest absolute Gasteiger partial charge is 0.516 e. The number of rotatable bonds is 3. The number of hydrazine groups is 1. The minimum atomic E-state index is -1.01. The van der Waals surface area contributed by atoms with Crippen molar-refractivity contribution in [1.29, 1.82) is 0 Å². The summed E-state index contributed by atoms with van der Waals surface area (Å²) in [5, 5.41) is 0. The van der Waals surface area contributed by atoms with Crippen molar-refractivity contribution in [3.63, 3.8) is 0 Å². The van der Waals surface area contributed by atoms with Crippen LogP contribution in [-0.2, 0) is 9.47 Å². The van der Waals surface area contributed by atoms with Crippen LogP contribution in [0.5, 0.6) is 0 Å². The molecule has 6 heteroatoms. The Bertz CT molecular complexity index is 375. The van der Waals surface area contributed by atoms with E-state index in [1.54, 1.807) is 19.1 Å². The number of benzene rings is 1. The third kappa shape index (κ3) is 3.25. The van der Waals surface area contributed by atoms with Crippen molar-refractivity contribution in [3.8, 4) is 0 Å². The number of nitrogens with one attached hydrogen (secondary N) is 1. The molecule has 0 aromatic heterocycles. The van der Waals surface area contributed by atoms with E-state index in [-0.39, 0.29) is 12.2 Å². The summed E-state index contributed by atoms with van der Waals surface area (Å²) in [6.45, 7) is 1.77. The van der Waals surface area contributed by atoms with E-state index in [2.05, 4.69) is 14.9 Å². The SMILES string of the molecule is CCOC(=O)OC(=O)c1ccc(NN)cc1. The van der Waals surface area contributed by atoms with E-state index < -0.39 is 12.1 Å². The first-order chi connectivity index (χ1) is 7.67. The molecule has 0 aliphatic rings. The van der Waals surface area contributed by atoms with Gasteiger partial charge in [0.1, 0.15) is 0 Å². The highest BCUT2D eigenvalue weighted by Gasteiger charge is 2.13. The smallest absolute Gasteiger partial charge is 0.434 e. The zero-order valence-corrected chi connectivity index (χ0v) is 8.73. The third-order valence-corrected chi connectivity index (χ3v) is 1.73. The van der Waals surface area contributed by atoms with Crippen LogP contribution in [0.1, 0.15) is 17.3 Å². The normalized spacial score (nSPS) is 9.38. The first-order valence-corrected chi connectivity index (χ1v) is 4.63. The van der Waals surface area contributed by atoms with Crippen molar-refractivity contribution in [2.75, 3.05) is 12.0 Å². The lowest BCUT2D eigenvalue weighted by molar-refractivity contribution is 0.0401. The Morgan fingerprint density at radius 1 is 1.31 bits per heavy atom. The summed E-state index contributed by atoms with van der Waals surface area (Å²) in [4.78, 5) is 22.2. The van der Waals surface area contributed by atoms with E-state index in [0.717, 1.165) is 0 Å². The van der Waals surface area contributed by atoms with Gasteiger partial charge in [-0.2, -0.15) is 0 Å². The molecule has 0 bridgehead atoms. The van der Waals surface area contributed by atoms with Gasteiger partial charge >= 0.3 is 12.1 Å². The van der Waals surface area contributed by atoms with E-state index in [9.17, 15) is 9.59 Å². The Labute approximate surface area is 92.3 Å². The van der Waals surface area contributed by atoms with Crippen molar-refractivity contribution in [2.45, 2.75) is 6.92 Å². The average molecular weight is 224 g/mol. The van der Waals surface area contributed by atoms with Crippen molar-refractivity contribution in [2.24, 2.45) is 5.84 Å². The second-order valence-electron chi connectivity index (χ2n) is 2.79. The summed E-state index contributed by atoms with van der Waals surface area (Å²) < 4.78 is 8.86. The molecular formula is C10H12N2O4. The van der Waals surface area contributed by atoms with Crippen LogP contribution in [0.15, 0.2) is 24.3 Å². The molecule has 0 fully saturated rings. The average Bonchev–Trinajstić information content (AvgIpc) is 2.29. The molecule has 86 valence electrons. The molecule has 0 saturated carbocycles. The van der Waals surface area contributed by atoms with Crippen molar-refractivity contribution >= 4 is 17.8 Å². The van der Waals surface area contributed by atoms with Gasteiger partial charge in [-0.25, -0.2) is 9.59 Å². The van der Waals surface area contributed by atoms with E-state index in [4.69, 9.17) is 5.84 Å². The second-order valence-corrected chi connectivity index (χ2v) is 2.79. The lowest BCUT2D eigenvalue weighted by Gasteiger charge is -2.03. The molecule has 0 radical (unpaired) electrons. The van der Waals surface area contributed by atoms with Gasteiger partial charge in [0.15, 0.2) is 0 Å². The summed E-state index contributed by atoms with van der Waals surface area (Å²) in [6.07, 6.45) is -1.01. The number of carbonyl (C=O) groups is 2. The van der Waals surface area contributed by atoms with Crippen molar-refractivity contribution in [1.82, 2.24) is 0 Å². The highest BCUT2D eigenvalue weighted by atomic mass is 16.7. The number of hydrogen-bond acceptors (Lipinski definition) is 6. The van der Waals surface area contributed by atoms with Crippen LogP contribution in [0.2, 0.25) is 0 Å². The molecule has 1 rings (SSSR count). The van der Waals surface area contributed by atoms with Crippen LogP contribution >= 0.6 is 0 Å². The van der Waals surface area contributed by atoms with Crippen LogP contribution in [-0.4, -0.2) is 18.7 Å². The third-order valence-electron chi connectivity index (χ3n) is 1.73. The fourth-order valence-corrected chi connectivity index (χ4v) is 0.984. The molecule has 0 aliphatic heterocycles. The first kappa shape index (κ1) is 12.0. The summed E-state index contributed by atoms with van der Waals surface area (Å²) in [5.74, 6) is 4.39. The van der Waals surface area contributed by atoms with Crippen LogP contribution in [0.4, 0.5) is 10.5 Å². The predicted molar refractivity (Wildman–Crippen MR) is 56.7 cm³/mol. The summed E-state index contributed by atoms with van der Waals surface area (Å²) in [5.41, 5.74) is 3.30. The van der Waals surface area contributed by atoms with Gasteiger partial charge in [0, 0.05) is 5.69 Å². The first-order valence-electron chi connectivity index (χ1n) is 4.63. The standard InChI is InChI=1S/C10H12N2O4/c1-2-15-10(14)16-9(13)7-3-5-8(12-11)6-4-7/h3-6,12H,2,11H2,1H3. The van der Waals surface area contributed by atoms with Gasteiger partial charge in [-0.3, -0.25) is 5.84 Å². The van der Waals surface area contributed by atoms with Crippen LogP contribution < -0.4 is 11.3 Å². The van der Waals surface area contributed by atoms with Crippen molar-refractivity contribution < 1.29 is 19.1 Å². The predicted octanol–water partition coefficient (Wildman–Crippen LogP) is 1.29. The second kappa shape index (κ2) is 5.72. The number of ether oxygens (including phenoxy) is 2. The fourth-order valence-electron chi connectivity index (χ4n) is 0.984. The van der Waals surface area contributed by atoms with E-state index in [0.29, 0.717) is 5.69 Å². The Hall–Kier alpha value is -2.08. The molecular weight excluding hydrogens is 212 g/mol. The van der Waals surface area contributed by atoms with E-state index >= 15 is 0 Å². The minimum absolute atomic E-state index is 0.155. The number of anilines is 1. The summed E-state index contributed by atoms with van der Waals surface area (Å²) in [7, 11) is 0. The number of nitrogens with two attached hydrogens (primary N) is 1. The zero-order chi connectivity index (χ0) is 12.0. The molecule has 0 atom stereocenters. The monoisotopic (exact) mass is 224 g/mol. The van der Waals surface area contributed by atoms with Gasteiger partial charge in [0.25, 0.3) is 0 Å². The van der Waals surface area contributed by atoms with E-state index in [1.807, 2.05) is 0 Å². The van der Waals surface area contributed by atoms with Crippen LogP contribution in [0.3, 0.4) is 0 Å². The molecule has 6 nitrogen and oxygen atoms in total. The number of nitrogen functional groups attached to an aromatic ring is 1. The highest BCUT2D eigenvalue weighted by Crippen LogP contribution is 2.09. The Balaban J connectivity index is 2.62. The lowest BCUT2D eigenvalue weighted by Crippen LogP contribution is -2.14. The van der Waals surface area contributed by atoms with Gasteiger partial charge in [0.2, 0.25) is 0 Å². The number of hydrogen-bond donors (Lipinski definition) is 2. The highest BCUT2D eigenvalue weighted by molar-refractivity contribution is 5.95. The van der Waals surface area contributed by atoms with Crippen molar-refractivity contribution in [3.05, 3.63) is 29.8 Å². The molecule has 0 spiro atoms. The van der Waals surface area contributed by atoms with Crippen LogP contribution in [0, 0.1) is 0 Å². The molecule has 0 saturated heterocycles. The molecule has 1 aromatic rings. The summed E-state index contributed by atoms with van der Waals surface area (Å²) in [6, 6.07) is 6.14. The maximum absolute atomic E-state index is 11.4. The Morgan fingerprint density at radius 3 is 2.44 bits per heavy atom. The zero-order valence-electron chi connectivity index (χ0n) is 8.73. The molecule has 3 N–H and O–H groups in total. The number of carbonyl (C=O) groups excluding carboxylic acids is 2. The Morgan fingerprint density at radius 2 is 1.94 bits per heavy atom. The molecule has 0 heterocycles. The molecule has 16 heavy (non-hydrogen) atoms. The maximum Gasteiger partial charge on any atom is 0.516 e. The van der Waals surface area contributed by atoms with E-state index in [1.165, 1.54) is 12.1 Å². The van der Waals surface area contributed by atoms with Gasteiger partial charge in [-0.1, -0.05) is 0 Å². The Kier molecular flexibility index (Phi) is 4.28. The van der Waals surface area contributed by atoms with Gasteiger partial charge in [-0.05, 0) is 31.2 Å². The van der Waals surface area contributed by atoms with Gasteiger partial charge in [-0.15, -0.1) is 0 Å². The lowest BCUT2D eigenvalue weighted by atomic mass is 10.2. The maximum atomic E-state index is 11.4. The molecule has 1 aromatic carbocycles. The van der Waals surface area contributed by atoms with Crippen LogP contribution in [0.25, 0.3) is 0 Å². The minimum Gasteiger partial charge on any atom is -0.434 e. The van der Waals surface area contributed by atoms with Gasteiger partial charge in [0.05, 0.1) is 12.2 Å². The quantitative estimate of drug-likeness (QED) is 0.348. The number of esters is 1. The van der Waals surface area contributed by atoms with Gasteiger partial charge < -0.3 is 14.9 Å². The fraction of sp³-hybridized carbons (Fsp3) is 0.200. The molecule has 0 amide bonds. The molecule has 0 unspecified atom stereocenters.